The van der Waals surface area contributed by atoms with E-state index < -0.39 is 0 Å². The molecule has 21 heavy (non-hydrogen) atoms. The lowest BCUT2D eigenvalue weighted by Gasteiger charge is -2.15. The molecule has 110 valence electrons. The van der Waals surface area contributed by atoms with Crippen LogP contribution >= 0.6 is 11.8 Å². The molecule has 2 atom stereocenters. The van der Waals surface area contributed by atoms with Gasteiger partial charge in [-0.15, -0.1) is 11.8 Å². The molecule has 0 nitrogen and oxygen atoms in total. The third-order valence-electron chi connectivity index (χ3n) is 4.22. The van der Waals surface area contributed by atoms with Gasteiger partial charge in [-0.25, -0.2) is 0 Å². The lowest BCUT2D eigenvalue weighted by Crippen LogP contribution is -2.15. The predicted octanol–water partition coefficient (Wildman–Crippen LogP) is 5.29. The minimum Gasteiger partial charge on any atom is -0.114 e. The molecule has 2 aliphatic carbocycles. The summed E-state index contributed by atoms with van der Waals surface area (Å²) in [5, 5.41) is 0.594. The molecule has 3 rings (SSSR count). The van der Waals surface area contributed by atoms with Gasteiger partial charge >= 0.3 is 0 Å². The molecule has 1 heterocycles. The minimum atomic E-state index is -0.312. The zero-order chi connectivity index (χ0) is 14.8. The topological polar surface area (TPSA) is 0 Å². The van der Waals surface area contributed by atoms with Crippen molar-refractivity contribution < 1.29 is 0 Å². The number of thioether (sulfide) groups is 1. The molecule has 0 spiro atoms. The number of unbranched alkanes of at least 4 members (excludes halogenated alkanes) is 1. The molecule has 0 bridgehead atoms. The zero-order valence-electron chi connectivity index (χ0n) is 13.2. The molecule has 0 radical (unpaired) electrons. The summed E-state index contributed by atoms with van der Waals surface area (Å²) in [6.45, 7) is 7.05. The number of hydrogen-bond acceptors (Lipinski definition) is 1. The second-order valence-corrected chi connectivity index (χ2v) is 9.94. The van der Waals surface area contributed by atoms with Crippen molar-refractivity contribution in [2.45, 2.75) is 44.5 Å². The van der Waals surface area contributed by atoms with Gasteiger partial charge in [0, 0.05) is 24.5 Å². The van der Waals surface area contributed by atoms with Crippen molar-refractivity contribution in [2.24, 2.45) is 5.92 Å². The van der Waals surface area contributed by atoms with Crippen LogP contribution in [0.1, 0.15) is 26.2 Å². The van der Waals surface area contributed by atoms with Crippen molar-refractivity contribution in [1.29, 1.82) is 0 Å². The molecule has 0 aromatic carbocycles. The Labute approximate surface area is 134 Å². The van der Waals surface area contributed by atoms with E-state index in [2.05, 4.69) is 73.9 Å². The van der Waals surface area contributed by atoms with Crippen LogP contribution in [0.4, 0.5) is 0 Å². The molecule has 0 N–H and O–H groups in total. The van der Waals surface area contributed by atoms with Crippen LogP contribution in [0.5, 0.6) is 0 Å². The molecular formula is C19H24SSi. The Hall–Kier alpha value is -0.863. The average molecular weight is 313 g/mol. The summed E-state index contributed by atoms with van der Waals surface area (Å²) in [6, 6.07) is 0. The van der Waals surface area contributed by atoms with Gasteiger partial charge in [0.2, 0.25) is 0 Å². The molecule has 1 aliphatic heterocycles. The van der Waals surface area contributed by atoms with E-state index in [0.717, 1.165) is 0 Å². The van der Waals surface area contributed by atoms with Crippen LogP contribution < -0.4 is 0 Å². The SMILES string of the molecule is CCCCC1=CC(C2=C3C=CC=C3SC2C=[Si](C)C)C=C1. The van der Waals surface area contributed by atoms with Crippen LogP contribution in [0.2, 0.25) is 13.1 Å². The van der Waals surface area contributed by atoms with Gasteiger partial charge in [-0.3, -0.25) is 0 Å². The van der Waals surface area contributed by atoms with E-state index >= 15 is 0 Å². The molecule has 0 amide bonds. The highest BCUT2D eigenvalue weighted by Gasteiger charge is 2.32. The van der Waals surface area contributed by atoms with E-state index in [1.54, 1.807) is 5.57 Å². The highest BCUT2D eigenvalue weighted by Crippen LogP contribution is 2.48. The van der Waals surface area contributed by atoms with Gasteiger partial charge in [0.1, 0.15) is 0 Å². The standard InChI is InChI=1S/C19H24SSi/c1-4-5-7-14-10-11-15(12-14)19-16-8-6-9-17(16)20-18(19)13-21(2)3/h6,8-13,15,18H,4-5,7H2,1-3H3. The molecule has 3 aliphatic rings. The van der Waals surface area contributed by atoms with Gasteiger partial charge in [-0.05, 0) is 30.1 Å². The van der Waals surface area contributed by atoms with Gasteiger partial charge < -0.3 is 0 Å². The zero-order valence-corrected chi connectivity index (χ0v) is 15.0. The Morgan fingerprint density at radius 2 is 2.14 bits per heavy atom. The Morgan fingerprint density at radius 3 is 2.90 bits per heavy atom. The van der Waals surface area contributed by atoms with E-state index in [0.29, 0.717) is 11.2 Å². The third kappa shape index (κ3) is 3.17. The highest BCUT2D eigenvalue weighted by molar-refractivity contribution is 8.05. The van der Waals surface area contributed by atoms with Crippen molar-refractivity contribution in [3.63, 3.8) is 0 Å². The second-order valence-electron chi connectivity index (χ2n) is 6.27. The van der Waals surface area contributed by atoms with E-state index in [-0.39, 0.29) is 8.41 Å². The summed E-state index contributed by atoms with van der Waals surface area (Å²) in [5.74, 6) is 0.524. The molecule has 2 heteroatoms. The van der Waals surface area contributed by atoms with Crippen LogP contribution in [0.25, 0.3) is 0 Å². The van der Waals surface area contributed by atoms with Crippen molar-refractivity contribution in [2.75, 3.05) is 0 Å². The molecule has 0 aromatic rings. The summed E-state index contributed by atoms with van der Waals surface area (Å²) in [7, 11) is -0.312. The fraction of sp³-hybridized carbons (Fsp3) is 0.421. The molecule has 0 aromatic heterocycles. The Balaban J connectivity index is 1.88. The van der Waals surface area contributed by atoms with Crippen molar-refractivity contribution in [3.05, 3.63) is 58.1 Å². The first-order valence-corrected chi connectivity index (χ1v) is 11.5. The first kappa shape index (κ1) is 15.0. The van der Waals surface area contributed by atoms with Crippen molar-refractivity contribution in [1.82, 2.24) is 0 Å². The summed E-state index contributed by atoms with van der Waals surface area (Å²) in [6.07, 6.45) is 17.9. The molecule has 0 fully saturated rings. The normalized spacial score (nSPS) is 26.2. The van der Waals surface area contributed by atoms with Gasteiger partial charge in [0.15, 0.2) is 0 Å². The van der Waals surface area contributed by atoms with Crippen LogP contribution in [-0.2, 0) is 0 Å². The van der Waals surface area contributed by atoms with Crippen LogP contribution in [0.15, 0.2) is 58.1 Å². The summed E-state index contributed by atoms with van der Waals surface area (Å²) >= 11 is 2.05. The van der Waals surface area contributed by atoms with Crippen LogP contribution in [0, 0.1) is 5.92 Å². The van der Waals surface area contributed by atoms with Crippen LogP contribution in [-0.4, -0.2) is 19.3 Å². The van der Waals surface area contributed by atoms with Crippen molar-refractivity contribution in [3.8, 4) is 0 Å². The largest absolute Gasteiger partial charge is 0.114 e. The summed E-state index contributed by atoms with van der Waals surface area (Å²) in [4.78, 5) is 1.48. The Bertz CT molecular complexity index is 609. The van der Waals surface area contributed by atoms with Gasteiger partial charge in [0.05, 0.1) is 0 Å². The average Bonchev–Trinajstić information content (AvgIpc) is 3.11. The maximum absolute atomic E-state index is 2.61. The fourth-order valence-corrected chi connectivity index (χ4v) is 6.23. The van der Waals surface area contributed by atoms with Gasteiger partial charge in [-0.2, -0.15) is 0 Å². The molecular weight excluding hydrogens is 288 g/mol. The molecule has 0 saturated carbocycles. The van der Waals surface area contributed by atoms with Crippen LogP contribution in [0.3, 0.4) is 0 Å². The smallest absolute Gasteiger partial charge is 0.0463 e. The third-order valence-corrected chi connectivity index (χ3v) is 6.72. The minimum absolute atomic E-state index is 0.312. The van der Waals surface area contributed by atoms with E-state index in [4.69, 9.17) is 0 Å². The molecule has 0 saturated heterocycles. The lowest BCUT2D eigenvalue weighted by atomic mass is 9.93. The second kappa shape index (κ2) is 6.49. The maximum Gasteiger partial charge on any atom is 0.0463 e. The Morgan fingerprint density at radius 1 is 1.29 bits per heavy atom. The number of fused-ring (bicyclic) bond motifs is 1. The fourth-order valence-electron chi connectivity index (χ4n) is 3.20. The quantitative estimate of drug-likeness (QED) is 0.621. The monoisotopic (exact) mass is 312 g/mol. The Kier molecular flexibility index (Phi) is 4.65. The van der Waals surface area contributed by atoms with Gasteiger partial charge in [-0.1, -0.05) is 68.1 Å². The van der Waals surface area contributed by atoms with Crippen molar-refractivity contribution >= 4 is 25.8 Å². The first-order valence-electron chi connectivity index (χ1n) is 8.02. The number of allylic oxidation sites excluding steroid dienone is 8. The number of hydrogen-bond donors (Lipinski definition) is 0. The maximum atomic E-state index is 2.61. The molecule has 2 unspecified atom stereocenters. The lowest BCUT2D eigenvalue weighted by molar-refractivity contribution is 0.796. The highest BCUT2D eigenvalue weighted by atomic mass is 32.2. The van der Waals surface area contributed by atoms with Gasteiger partial charge in [0.25, 0.3) is 0 Å². The first-order chi connectivity index (χ1) is 10.2. The van der Waals surface area contributed by atoms with E-state index in [1.807, 2.05) is 0 Å². The number of rotatable bonds is 5. The van der Waals surface area contributed by atoms with E-state index in [9.17, 15) is 0 Å². The van der Waals surface area contributed by atoms with E-state index in [1.165, 1.54) is 35.3 Å². The summed E-state index contributed by atoms with van der Waals surface area (Å²) in [5.41, 5.74) is 7.29. The predicted molar refractivity (Wildman–Crippen MR) is 99.4 cm³/mol. The summed E-state index contributed by atoms with van der Waals surface area (Å²) < 4.78 is 0.